The van der Waals surface area contributed by atoms with E-state index in [2.05, 4.69) is 10.0 Å². The molecule has 0 heterocycles. The minimum atomic E-state index is -4.04. The Balaban J connectivity index is 1.64. The third-order valence-electron chi connectivity index (χ3n) is 5.64. The number of aryl methyl sites for hydroxylation is 1. The average Bonchev–Trinajstić information content (AvgIpc) is 2.82. The number of sulfonamides is 1. The second kappa shape index (κ2) is 11.2. The fourth-order valence-electron chi connectivity index (χ4n) is 3.76. The Labute approximate surface area is 194 Å². The SMILES string of the molecule is COc1ccc(C(=O)OCC(=O)NCC2CCCCC2)cc1S(=O)(=O)Nc1ccc(C)cc1. The van der Waals surface area contributed by atoms with Gasteiger partial charge in [0.05, 0.1) is 12.7 Å². The molecule has 0 atom stereocenters. The molecule has 1 aliphatic carbocycles. The van der Waals surface area contributed by atoms with Crippen molar-refractivity contribution in [3.63, 3.8) is 0 Å². The maximum atomic E-state index is 12.9. The molecular weight excluding hydrogens is 444 g/mol. The molecule has 178 valence electrons. The highest BCUT2D eigenvalue weighted by Gasteiger charge is 2.23. The van der Waals surface area contributed by atoms with E-state index in [1.54, 1.807) is 24.3 Å². The summed E-state index contributed by atoms with van der Waals surface area (Å²) in [5, 5.41) is 2.80. The molecule has 0 radical (unpaired) electrons. The van der Waals surface area contributed by atoms with Crippen LogP contribution in [0.5, 0.6) is 5.75 Å². The van der Waals surface area contributed by atoms with Gasteiger partial charge in [0.15, 0.2) is 6.61 Å². The van der Waals surface area contributed by atoms with Crippen LogP contribution < -0.4 is 14.8 Å². The van der Waals surface area contributed by atoms with Crippen LogP contribution >= 0.6 is 0 Å². The minimum absolute atomic E-state index is 0.000150. The number of carbonyl (C=O) groups is 2. The number of anilines is 1. The quantitative estimate of drug-likeness (QED) is 0.537. The van der Waals surface area contributed by atoms with E-state index in [1.807, 2.05) is 6.92 Å². The molecule has 1 aliphatic rings. The van der Waals surface area contributed by atoms with E-state index >= 15 is 0 Å². The lowest BCUT2D eigenvalue weighted by Gasteiger charge is -2.21. The van der Waals surface area contributed by atoms with Crippen LogP contribution in [0.4, 0.5) is 5.69 Å². The number of benzene rings is 2. The van der Waals surface area contributed by atoms with Gasteiger partial charge in [0.1, 0.15) is 10.6 Å². The van der Waals surface area contributed by atoms with Crippen molar-refractivity contribution in [2.75, 3.05) is 25.0 Å². The summed E-state index contributed by atoms with van der Waals surface area (Å²) in [6.45, 7) is 2.04. The van der Waals surface area contributed by atoms with Gasteiger partial charge in [-0.3, -0.25) is 9.52 Å². The maximum Gasteiger partial charge on any atom is 0.338 e. The molecular formula is C24H30N2O6S. The molecule has 8 nitrogen and oxygen atoms in total. The molecule has 0 unspecified atom stereocenters. The Morgan fingerprint density at radius 2 is 1.73 bits per heavy atom. The molecule has 0 bridgehead atoms. The van der Waals surface area contributed by atoms with Gasteiger partial charge in [-0.1, -0.05) is 37.0 Å². The second-order valence-corrected chi connectivity index (χ2v) is 9.87. The molecule has 0 aliphatic heterocycles. The zero-order chi connectivity index (χ0) is 23.8. The third kappa shape index (κ3) is 6.95. The number of nitrogens with one attached hydrogen (secondary N) is 2. The van der Waals surface area contributed by atoms with Crippen molar-refractivity contribution in [1.29, 1.82) is 0 Å². The molecule has 2 N–H and O–H groups in total. The minimum Gasteiger partial charge on any atom is -0.495 e. The van der Waals surface area contributed by atoms with Crippen molar-refractivity contribution in [2.24, 2.45) is 5.92 Å². The third-order valence-corrected chi connectivity index (χ3v) is 7.04. The van der Waals surface area contributed by atoms with Gasteiger partial charge in [-0.05, 0) is 56.0 Å². The fraction of sp³-hybridized carbons (Fsp3) is 0.417. The topological polar surface area (TPSA) is 111 Å². The van der Waals surface area contributed by atoms with Crippen LogP contribution in [0.2, 0.25) is 0 Å². The lowest BCUT2D eigenvalue weighted by molar-refractivity contribution is -0.124. The van der Waals surface area contributed by atoms with Gasteiger partial charge in [0.2, 0.25) is 0 Å². The van der Waals surface area contributed by atoms with E-state index in [9.17, 15) is 18.0 Å². The Hall–Kier alpha value is -3.07. The van der Waals surface area contributed by atoms with Crippen molar-refractivity contribution < 1.29 is 27.5 Å². The Morgan fingerprint density at radius 1 is 1.03 bits per heavy atom. The molecule has 2 aromatic carbocycles. The van der Waals surface area contributed by atoms with Gasteiger partial charge in [-0.15, -0.1) is 0 Å². The number of hydrogen-bond acceptors (Lipinski definition) is 6. The largest absolute Gasteiger partial charge is 0.495 e. The number of carbonyl (C=O) groups excluding carboxylic acids is 2. The first-order valence-electron chi connectivity index (χ1n) is 11.0. The van der Waals surface area contributed by atoms with Crippen molar-refractivity contribution in [3.05, 3.63) is 53.6 Å². The van der Waals surface area contributed by atoms with Gasteiger partial charge in [0, 0.05) is 12.2 Å². The number of esters is 1. The molecule has 0 saturated heterocycles. The molecule has 1 amide bonds. The summed E-state index contributed by atoms with van der Waals surface area (Å²) in [4.78, 5) is 24.3. The van der Waals surface area contributed by atoms with E-state index in [1.165, 1.54) is 44.6 Å². The van der Waals surface area contributed by atoms with E-state index < -0.39 is 22.6 Å². The Morgan fingerprint density at radius 3 is 2.39 bits per heavy atom. The number of amides is 1. The fourth-order valence-corrected chi connectivity index (χ4v) is 5.02. The van der Waals surface area contributed by atoms with Crippen LogP contribution in [0.1, 0.15) is 48.0 Å². The van der Waals surface area contributed by atoms with Crippen molar-refractivity contribution >= 4 is 27.6 Å². The zero-order valence-corrected chi connectivity index (χ0v) is 19.7. The van der Waals surface area contributed by atoms with Gasteiger partial charge in [-0.25, -0.2) is 13.2 Å². The molecule has 0 spiro atoms. The summed E-state index contributed by atoms with van der Waals surface area (Å²) in [6, 6.07) is 10.8. The first-order valence-corrected chi connectivity index (χ1v) is 12.5. The van der Waals surface area contributed by atoms with E-state index in [-0.39, 0.29) is 22.1 Å². The number of ether oxygens (including phenoxy) is 2. The van der Waals surface area contributed by atoms with Crippen molar-refractivity contribution in [1.82, 2.24) is 5.32 Å². The zero-order valence-electron chi connectivity index (χ0n) is 18.9. The normalized spacial score (nSPS) is 14.4. The van der Waals surface area contributed by atoms with Crippen LogP contribution in [0.3, 0.4) is 0 Å². The summed E-state index contributed by atoms with van der Waals surface area (Å²) in [6.07, 6.45) is 5.79. The average molecular weight is 475 g/mol. The highest BCUT2D eigenvalue weighted by molar-refractivity contribution is 7.92. The van der Waals surface area contributed by atoms with Crippen LogP contribution in [0, 0.1) is 12.8 Å². The predicted molar refractivity (Wildman–Crippen MR) is 125 cm³/mol. The van der Waals surface area contributed by atoms with E-state index in [4.69, 9.17) is 9.47 Å². The smallest absolute Gasteiger partial charge is 0.338 e. The first-order chi connectivity index (χ1) is 15.8. The summed E-state index contributed by atoms with van der Waals surface area (Å²) < 4.78 is 38.6. The van der Waals surface area contributed by atoms with E-state index in [0.29, 0.717) is 18.2 Å². The Kier molecular flexibility index (Phi) is 8.32. The maximum absolute atomic E-state index is 12.9. The highest BCUT2D eigenvalue weighted by atomic mass is 32.2. The van der Waals surface area contributed by atoms with Crippen molar-refractivity contribution in [2.45, 2.75) is 43.9 Å². The molecule has 0 aromatic heterocycles. The van der Waals surface area contributed by atoms with Crippen LogP contribution in [0.25, 0.3) is 0 Å². The van der Waals surface area contributed by atoms with Crippen molar-refractivity contribution in [3.8, 4) is 5.75 Å². The molecule has 3 rings (SSSR count). The van der Waals surface area contributed by atoms with Crippen LogP contribution in [0.15, 0.2) is 47.4 Å². The van der Waals surface area contributed by atoms with E-state index in [0.717, 1.165) is 18.4 Å². The predicted octanol–water partition coefficient (Wildman–Crippen LogP) is 3.66. The monoisotopic (exact) mass is 474 g/mol. The molecule has 2 aromatic rings. The summed E-state index contributed by atoms with van der Waals surface area (Å²) >= 11 is 0. The standard InChI is InChI=1S/C24H30N2O6S/c1-17-8-11-20(12-9-17)26-33(29,30)22-14-19(10-13-21(22)31-2)24(28)32-16-23(27)25-15-18-6-4-3-5-7-18/h8-14,18,26H,3-7,15-16H2,1-2H3,(H,25,27). The lowest BCUT2D eigenvalue weighted by atomic mass is 9.89. The lowest BCUT2D eigenvalue weighted by Crippen LogP contribution is -2.33. The van der Waals surface area contributed by atoms with Crippen LogP contribution in [-0.2, 0) is 19.6 Å². The van der Waals surface area contributed by atoms with Crippen LogP contribution in [-0.4, -0.2) is 40.6 Å². The van der Waals surface area contributed by atoms with Gasteiger partial charge < -0.3 is 14.8 Å². The van der Waals surface area contributed by atoms with Gasteiger partial charge in [0.25, 0.3) is 15.9 Å². The summed E-state index contributed by atoms with van der Waals surface area (Å²) in [5.41, 5.74) is 1.37. The molecule has 9 heteroatoms. The molecule has 33 heavy (non-hydrogen) atoms. The Bertz CT molecular complexity index is 1080. The highest BCUT2D eigenvalue weighted by Crippen LogP contribution is 2.27. The summed E-state index contributed by atoms with van der Waals surface area (Å²) in [7, 11) is -2.70. The molecule has 1 saturated carbocycles. The number of hydrogen-bond donors (Lipinski definition) is 2. The second-order valence-electron chi connectivity index (χ2n) is 8.22. The number of methoxy groups -OCH3 is 1. The first kappa shape index (κ1) is 24.6. The molecule has 1 fully saturated rings. The van der Waals surface area contributed by atoms with Gasteiger partial charge >= 0.3 is 5.97 Å². The number of rotatable bonds is 9. The summed E-state index contributed by atoms with van der Waals surface area (Å²) in [5.74, 6) is -0.626. The van der Waals surface area contributed by atoms with Gasteiger partial charge in [-0.2, -0.15) is 0 Å².